The van der Waals surface area contributed by atoms with Gasteiger partial charge in [-0.2, -0.15) is 0 Å². The molecule has 2 bridgehead atoms. The van der Waals surface area contributed by atoms with E-state index in [2.05, 4.69) is 58.2 Å². The van der Waals surface area contributed by atoms with Crippen molar-refractivity contribution in [1.82, 2.24) is 5.32 Å². The quantitative estimate of drug-likeness (QED) is 0.850. The zero-order chi connectivity index (χ0) is 14.8. The molecular formula is C18H27BrN2. The van der Waals surface area contributed by atoms with Crippen LogP contribution in [0.15, 0.2) is 22.7 Å². The third kappa shape index (κ3) is 3.45. The summed E-state index contributed by atoms with van der Waals surface area (Å²) < 4.78 is 1.21. The third-order valence-corrected chi connectivity index (χ3v) is 5.44. The van der Waals surface area contributed by atoms with E-state index in [1.807, 2.05) is 0 Å². The van der Waals surface area contributed by atoms with Crippen molar-refractivity contribution in [3.05, 3.63) is 28.2 Å². The van der Waals surface area contributed by atoms with Gasteiger partial charge < -0.3 is 10.2 Å². The highest BCUT2D eigenvalue weighted by Gasteiger charge is 2.38. The molecule has 2 nitrogen and oxygen atoms in total. The van der Waals surface area contributed by atoms with Crippen LogP contribution in [0, 0.1) is 6.92 Å². The van der Waals surface area contributed by atoms with Crippen LogP contribution in [0.4, 0.5) is 5.69 Å². The van der Waals surface area contributed by atoms with Gasteiger partial charge in [0.25, 0.3) is 0 Å². The first-order chi connectivity index (χ1) is 10.2. The van der Waals surface area contributed by atoms with Gasteiger partial charge in [0.15, 0.2) is 0 Å². The summed E-state index contributed by atoms with van der Waals surface area (Å²) >= 11 is 3.67. The summed E-state index contributed by atoms with van der Waals surface area (Å²) in [6.07, 6.45) is 7.96. The number of hydrogen-bond acceptors (Lipinski definition) is 2. The van der Waals surface area contributed by atoms with E-state index in [4.69, 9.17) is 0 Å². The van der Waals surface area contributed by atoms with Gasteiger partial charge in [-0.15, -0.1) is 0 Å². The lowest BCUT2D eigenvalue weighted by atomic mass is 9.81. The lowest BCUT2D eigenvalue weighted by Crippen LogP contribution is -2.56. The lowest BCUT2D eigenvalue weighted by Gasteiger charge is -2.50. The Morgan fingerprint density at radius 3 is 2.52 bits per heavy atom. The molecule has 1 N–H and O–H groups in total. The molecule has 2 unspecified atom stereocenters. The molecular weight excluding hydrogens is 324 g/mol. The summed E-state index contributed by atoms with van der Waals surface area (Å²) in [5, 5.41) is 3.76. The highest BCUT2D eigenvalue weighted by Crippen LogP contribution is 2.38. The number of piperidine rings is 2. The van der Waals surface area contributed by atoms with E-state index in [-0.39, 0.29) is 0 Å². The number of rotatable bonds is 4. The van der Waals surface area contributed by atoms with Crippen LogP contribution >= 0.6 is 15.9 Å². The Kier molecular flexibility index (Phi) is 4.90. The molecule has 0 spiro atoms. The molecule has 1 aromatic carbocycles. The molecule has 2 saturated heterocycles. The Hall–Kier alpha value is -0.540. The van der Waals surface area contributed by atoms with Crippen LogP contribution in [0.25, 0.3) is 0 Å². The van der Waals surface area contributed by atoms with Crippen LogP contribution in [-0.4, -0.2) is 24.7 Å². The number of hydrogen-bond donors (Lipinski definition) is 1. The number of nitrogens with one attached hydrogen (secondary N) is 1. The molecule has 0 radical (unpaired) electrons. The SMILES string of the molecule is CCCNC1CC2CCCC(C1)N2c1cc(C)cc(Br)c1. The first-order valence-corrected chi connectivity index (χ1v) is 9.25. The maximum absolute atomic E-state index is 3.76. The topological polar surface area (TPSA) is 15.3 Å². The first-order valence-electron chi connectivity index (χ1n) is 8.46. The van der Waals surface area contributed by atoms with Crippen molar-refractivity contribution in [1.29, 1.82) is 0 Å². The number of fused-ring (bicyclic) bond motifs is 2. The summed E-state index contributed by atoms with van der Waals surface area (Å²) in [6, 6.07) is 9.04. The molecule has 116 valence electrons. The van der Waals surface area contributed by atoms with Crippen molar-refractivity contribution in [3.8, 4) is 0 Å². The van der Waals surface area contributed by atoms with E-state index in [0.717, 1.165) is 18.1 Å². The molecule has 2 fully saturated rings. The number of aryl methyl sites for hydroxylation is 1. The van der Waals surface area contributed by atoms with Crippen molar-refractivity contribution in [2.75, 3.05) is 11.4 Å². The third-order valence-electron chi connectivity index (χ3n) is 4.98. The standard InChI is InChI=1S/C18H27BrN2/c1-3-7-20-15-11-16-5-4-6-17(12-15)21(16)18-9-13(2)8-14(19)10-18/h8-10,15-17,20H,3-7,11-12H2,1-2H3. The minimum atomic E-state index is 0.723. The zero-order valence-electron chi connectivity index (χ0n) is 13.2. The highest BCUT2D eigenvalue weighted by atomic mass is 79.9. The largest absolute Gasteiger partial charge is 0.365 e. The van der Waals surface area contributed by atoms with Crippen molar-refractivity contribution in [2.24, 2.45) is 0 Å². The summed E-state index contributed by atoms with van der Waals surface area (Å²) in [5.74, 6) is 0. The van der Waals surface area contributed by atoms with Crippen LogP contribution in [0.1, 0.15) is 51.0 Å². The molecule has 0 saturated carbocycles. The van der Waals surface area contributed by atoms with Crippen molar-refractivity contribution in [2.45, 2.75) is 70.5 Å². The van der Waals surface area contributed by atoms with Crippen LogP contribution in [0.2, 0.25) is 0 Å². The molecule has 0 aliphatic carbocycles. The van der Waals surface area contributed by atoms with Gasteiger partial charge in [0, 0.05) is 28.3 Å². The van der Waals surface area contributed by atoms with E-state index in [9.17, 15) is 0 Å². The monoisotopic (exact) mass is 350 g/mol. The van der Waals surface area contributed by atoms with Gasteiger partial charge in [-0.25, -0.2) is 0 Å². The number of halogens is 1. The van der Waals surface area contributed by atoms with Gasteiger partial charge in [0.1, 0.15) is 0 Å². The van der Waals surface area contributed by atoms with E-state index in [1.165, 1.54) is 60.8 Å². The van der Waals surface area contributed by atoms with E-state index < -0.39 is 0 Å². The van der Waals surface area contributed by atoms with Crippen LogP contribution < -0.4 is 10.2 Å². The summed E-state index contributed by atoms with van der Waals surface area (Å²) in [6.45, 7) is 5.62. The van der Waals surface area contributed by atoms with Crippen LogP contribution in [0.5, 0.6) is 0 Å². The van der Waals surface area contributed by atoms with Gasteiger partial charge >= 0.3 is 0 Å². The predicted molar refractivity (Wildman–Crippen MR) is 94.1 cm³/mol. The molecule has 2 aliphatic rings. The maximum atomic E-state index is 3.76. The molecule has 21 heavy (non-hydrogen) atoms. The van der Waals surface area contributed by atoms with Gasteiger partial charge in [-0.3, -0.25) is 0 Å². The molecule has 2 heterocycles. The van der Waals surface area contributed by atoms with E-state index >= 15 is 0 Å². The first kappa shape index (κ1) is 15.4. The Bertz CT molecular complexity index is 454. The number of benzene rings is 1. The minimum absolute atomic E-state index is 0.723. The Labute approximate surface area is 137 Å². The fraction of sp³-hybridized carbons (Fsp3) is 0.667. The molecule has 1 aromatic rings. The van der Waals surface area contributed by atoms with E-state index in [1.54, 1.807) is 0 Å². The van der Waals surface area contributed by atoms with Crippen LogP contribution in [-0.2, 0) is 0 Å². The second kappa shape index (κ2) is 6.70. The van der Waals surface area contributed by atoms with Crippen molar-refractivity contribution < 1.29 is 0 Å². The van der Waals surface area contributed by atoms with Gasteiger partial charge in [0.05, 0.1) is 0 Å². The maximum Gasteiger partial charge on any atom is 0.0385 e. The molecule has 3 rings (SSSR count). The summed E-state index contributed by atoms with van der Waals surface area (Å²) in [5.41, 5.74) is 2.77. The second-order valence-electron chi connectivity index (χ2n) is 6.76. The normalized spacial score (nSPS) is 28.7. The average molecular weight is 351 g/mol. The average Bonchev–Trinajstić information content (AvgIpc) is 2.43. The highest BCUT2D eigenvalue weighted by molar-refractivity contribution is 9.10. The van der Waals surface area contributed by atoms with Crippen molar-refractivity contribution in [3.63, 3.8) is 0 Å². The molecule has 2 atom stereocenters. The van der Waals surface area contributed by atoms with Gasteiger partial charge in [0.2, 0.25) is 0 Å². The van der Waals surface area contributed by atoms with Crippen molar-refractivity contribution >= 4 is 21.6 Å². The Morgan fingerprint density at radius 1 is 1.19 bits per heavy atom. The fourth-order valence-electron chi connectivity index (χ4n) is 4.18. The Morgan fingerprint density at radius 2 is 1.90 bits per heavy atom. The number of anilines is 1. The number of nitrogens with zero attached hydrogens (tertiary/aromatic N) is 1. The lowest BCUT2D eigenvalue weighted by molar-refractivity contribution is 0.246. The molecule has 3 heteroatoms. The van der Waals surface area contributed by atoms with Gasteiger partial charge in [-0.05, 0) is 75.8 Å². The van der Waals surface area contributed by atoms with Gasteiger partial charge in [-0.1, -0.05) is 22.9 Å². The fourth-order valence-corrected chi connectivity index (χ4v) is 4.78. The second-order valence-corrected chi connectivity index (χ2v) is 7.67. The summed E-state index contributed by atoms with van der Waals surface area (Å²) in [4.78, 5) is 2.73. The summed E-state index contributed by atoms with van der Waals surface area (Å²) in [7, 11) is 0. The molecule has 0 aromatic heterocycles. The molecule has 2 aliphatic heterocycles. The molecule has 0 amide bonds. The van der Waals surface area contributed by atoms with Crippen LogP contribution in [0.3, 0.4) is 0 Å². The zero-order valence-corrected chi connectivity index (χ0v) is 14.8. The Balaban J connectivity index is 1.80. The predicted octanol–water partition coefficient (Wildman–Crippen LogP) is 4.65. The van der Waals surface area contributed by atoms with E-state index in [0.29, 0.717) is 0 Å². The minimum Gasteiger partial charge on any atom is -0.365 e. The smallest absolute Gasteiger partial charge is 0.0385 e.